The Hall–Kier alpha value is 0.100. The van der Waals surface area contributed by atoms with E-state index in [1.54, 1.807) is 6.66 Å². The molecule has 0 bridgehead atoms. The Kier molecular flexibility index (Phi) is 2.34. The van der Waals surface area contributed by atoms with Gasteiger partial charge in [-0.2, -0.15) is 0 Å². The van der Waals surface area contributed by atoms with Crippen LogP contribution in [0.2, 0.25) is 0 Å². The van der Waals surface area contributed by atoms with Gasteiger partial charge in [-0.15, -0.1) is 0 Å². The lowest BCUT2D eigenvalue weighted by atomic mass is 10.6. The van der Waals surface area contributed by atoms with E-state index in [4.69, 9.17) is 0 Å². The zero-order valence-electron chi connectivity index (χ0n) is 4.43. The van der Waals surface area contributed by atoms with Gasteiger partial charge in [-0.25, -0.2) is 0 Å². The molecule has 6 heavy (non-hydrogen) atoms. The molecule has 0 heterocycles. The molecular weight excluding hydrogens is 95.0 g/mol. The highest BCUT2D eigenvalue weighted by Crippen LogP contribution is 2.20. The topological polar surface area (TPSA) is 17.1 Å². The maximum Gasteiger partial charge on any atom is 0.0712 e. The van der Waals surface area contributed by atoms with Gasteiger partial charge in [0.05, 0.1) is 7.80 Å². The summed E-state index contributed by atoms with van der Waals surface area (Å²) in [5, 5.41) is 0. The Labute approximate surface area is 39.5 Å². The van der Waals surface area contributed by atoms with Crippen LogP contribution in [0.4, 0.5) is 0 Å². The van der Waals surface area contributed by atoms with Crippen molar-refractivity contribution in [1.82, 2.24) is 0 Å². The van der Waals surface area contributed by atoms with E-state index in [2.05, 4.69) is 0 Å². The molecule has 1 atom stereocenters. The van der Waals surface area contributed by atoms with Crippen LogP contribution in [0.15, 0.2) is 0 Å². The van der Waals surface area contributed by atoms with E-state index < -0.39 is 7.80 Å². The van der Waals surface area contributed by atoms with Crippen molar-refractivity contribution < 1.29 is 4.57 Å². The summed E-state index contributed by atoms with van der Waals surface area (Å²) in [6.07, 6.45) is 0. The first-order valence-corrected chi connectivity index (χ1v) is 3.82. The van der Waals surface area contributed by atoms with E-state index >= 15 is 0 Å². The summed E-state index contributed by atoms with van der Waals surface area (Å²) < 4.78 is 10.3. The van der Waals surface area contributed by atoms with Gasteiger partial charge in [0.1, 0.15) is 0 Å². The maximum absolute atomic E-state index is 10.3. The molecule has 0 saturated carbocycles. The highest BCUT2D eigenvalue weighted by molar-refractivity contribution is 7.44. The minimum atomic E-state index is -0.909. The van der Waals surface area contributed by atoms with Gasteiger partial charge < -0.3 is 0 Å². The first kappa shape index (κ1) is 6.10. The van der Waals surface area contributed by atoms with Crippen LogP contribution in [0.3, 0.4) is 0 Å². The van der Waals surface area contributed by atoms with Gasteiger partial charge in [0, 0.05) is 12.3 Å². The van der Waals surface area contributed by atoms with Crippen LogP contribution in [0, 0.1) is 0 Å². The smallest absolute Gasteiger partial charge is 0.0712 e. The van der Waals surface area contributed by atoms with Crippen LogP contribution >= 0.6 is 7.80 Å². The van der Waals surface area contributed by atoms with E-state index in [1.165, 1.54) is 0 Å². The van der Waals surface area contributed by atoms with E-state index in [9.17, 15) is 4.57 Å². The fourth-order valence-corrected chi connectivity index (χ4v) is 0. The molecule has 0 fully saturated rings. The van der Waals surface area contributed by atoms with Crippen LogP contribution in [-0.2, 0) is 4.57 Å². The number of hydrogen-bond donors (Lipinski definition) is 0. The van der Waals surface area contributed by atoms with Crippen molar-refractivity contribution in [3.8, 4) is 0 Å². The fraction of sp³-hybridized carbons (Fsp3) is 1.00. The average Bonchev–Trinajstić information content (AvgIpc) is 1.36. The molecule has 0 aromatic heterocycles. The lowest BCUT2D eigenvalue weighted by Gasteiger charge is -1.91. The van der Waals surface area contributed by atoms with Crippen LogP contribution in [-0.4, -0.2) is 12.3 Å². The summed E-state index contributed by atoms with van der Waals surface area (Å²) in [4.78, 5) is 0. The normalized spacial score (nSPS) is 12.3. The Morgan fingerprint density at radius 3 is 1.67 bits per heavy atom. The van der Waals surface area contributed by atoms with Crippen molar-refractivity contribution in [1.29, 1.82) is 0 Å². The molecule has 0 aromatic rings. The second-order valence-electron chi connectivity index (χ2n) is 1.64. The number of rotatable bonds is 1. The van der Waals surface area contributed by atoms with Gasteiger partial charge in [-0.1, -0.05) is 13.8 Å². The van der Waals surface area contributed by atoms with Gasteiger partial charge in [0.25, 0.3) is 0 Å². The summed E-state index contributed by atoms with van der Waals surface area (Å²) in [5.41, 5.74) is 0.361. The molecule has 1 radical (unpaired) electrons. The number of hydrogen-bond acceptors (Lipinski definition) is 1. The summed E-state index contributed by atoms with van der Waals surface area (Å²) in [7, 11) is -0.909. The first-order chi connectivity index (χ1) is 2.64. The summed E-state index contributed by atoms with van der Waals surface area (Å²) in [6.45, 7) is 5.66. The predicted molar refractivity (Wildman–Crippen MR) is 28.7 cm³/mol. The largest absolute Gasteiger partial charge is 0.287 e. The SMILES string of the molecule is CC(C)[P](C)=O. The Morgan fingerprint density at radius 1 is 1.50 bits per heavy atom. The molecular formula is C4H10OP. The third-order valence-corrected chi connectivity index (χ3v) is 2.18. The van der Waals surface area contributed by atoms with Gasteiger partial charge in [0.2, 0.25) is 0 Å². The van der Waals surface area contributed by atoms with Gasteiger partial charge in [-0.05, 0) is 0 Å². The quantitative estimate of drug-likeness (QED) is 0.465. The Morgan fingerprint density at radius 2 is 1.67 bits per heavy atom. The van der Waals surface area contributed by atoms with Crippen molar-refractivity contribution in [2.45, 2.75) is 19.5 Å². The molecule has 0 aliphatic carbocycles. The highest BCUT2D eigenvalue weighted by Gasteiger charge is 1.93. The summed E-state index contributed by atoms with van der Waals surface area (Å²) in [5.74, 6) is 0. The molecule has 0 N–H and O–H groups in total. The van der Waals surface area contributed by atoms with E-state index in [-0.39, 0.29) is 0 Å². The molecule has 0 saturated heterocycles. The first-order valence-electron chi connectivity index (χ1n) is 2.04. The minimum Gasteiger partial charge on any atom is -0.287 e. The monoisotopic (exact) mass is 105 g/mol. The Balaban J connectivity index is 3.26. The van der Waals surface area contributed by atoms with Crippen LogP contribution < -0.4 is 0 Å². The molecule has 0 aliphatic rings. The molecule has 37 valence electrons. The van der Waals surface area contributed by atoms with Crippen molar-refractivity contribution in [3.05, 3.63) is 0 Å². The third-order valence-electron chi connectivity index (χ3n) is 0.727. The second kappa shape index (κ2) is 2.30. The van der Waals surface area contributed by atoms with Gasteiger partial charge in [-0.3, -0.25) is 4.57 Å². The molecule has 0 spiro atoms. The van der Waals surface area contributed by atoms with Crippen LogP contribution in [0.5, 0.6) is 0 Å². The summed E-state index contributed by atoms with van der Waals surface area (Å²) in [6, 6.07) is 0. The van der Waals surface area contributed by atoms with E-state index in [1.807, 2.05) is 13.8 Å². The van der Waals surface area contributed by atoms with E-state index in [0.29, 0.717) is 5.66 Å². The molecule has 0 rings (SSSR count). The molecule has 0 aromatic carbocycles. The maximum atomic E-state index is 10.3. The molecule has 0 amide bonds. The van der Waals surface area contributed by atoms with Crippen molar-refractivity contribution in [3.63, 3.8) is 0 Å². The van der Waals surface area contributed by atoms with Gasteiger partial charge in [0.15, 0.2) is 0 Å². The van der Waals surface area contributed by atoms with Crippen molar-refractivity contribution in [2.24, 2.45) is 0 Å². The molecule has 1 unspecified atom stereocenters. The molecule has 0 aliphatic heterocycles. The standard InChI is InChI=1S/C4H10OP/c1-4(2)6(3)5/h4H,1-3H3. The minimum absolute atomic E-state index is 0.361. The summed E-state index contributed by atoms with van der Waals surface area (Å²) >= 11 is 0. The lowest BCUT2D eigenvalue weighted by Crippen LogP contribution is -1.80. The highest BCUT2D eigenvalue weighted by atomic mass is 31.1. The third kappa shape index (κ3) is 2.34. The predicted octanol–water partition coefficient (Wildman–Crippen LogP) is 1.85. The van der Waals surface area contributed by atoms with Crippen LogP contribution in [0.25, 0.3) is 0 Å². The fourth-order valence-electron chi connectivity index (χ4n) is 0. The molecule has 1 nitrogen and oxygen atoms in total. The second-order valence-corrected chi connectivity index (χ2v) is 3.77. The average molecular weight is 105 g/mol. The van der Waals surface area contributed by atoms with Crippen molar-refractivity contribution in [2.75, 3.05) is 6.66 Å². The van der Waals surface area contributed by atoms with Gasteiger partial charge >= 0.3 is 0 Å². The zero-order valence-corrected chi connectivity index (χ0v) is 5.33. The van der Waals surface area contributed by atoms with Crippen LogP contribution in [0.1, 0.15) is 13.8 Å². The van der Waals surface area contributed by atoms with Crippen molar-refractivity contribution >= 4 is 7.80 Å². The molecule has 2 heteroatoms. The zero-order chi connectivity index (χ0) is 5.15. The lowest BCUT2D eigenvalue weighted by molar-refractivity contribution is 0.586. The van der Waals surface area contributed by atoms with E-state index in [0.717, 1.165) is 0 Å². The Bertz CT molecular complexity index is 58.6.